The van der Waals surface area contributed by atoms with E-state index in [2.05, 4.69) is 30.7 Å². The van der Waals surface area contributed by atoms with Gasteiger partial charge in [-0.05, 0) is 120 Å². The van der Waals surface area contributed by atoms with E-state index in [1.165, 1.54) is 23.1 Å². The lowest BCUT2D eigenvalue weighted by atomic mass is 9.87. The normalized spacial score (nSPS) is 21.8. The van der Waals surface area contributed by atoms with Gasteiger partial charge in [0.2, 0.25) is 0 Å². The first-order chi connectivity index (χ1) is 21.2. The average Bonchev–Trinajstić information content (AvgIpc) is 3.59. The smallest absolute Gasteiger partial charge is 0.416 e. The molecule has 0 amide bonds. The number of esters is 1. The summed E-state index contributed by atoms with van der Waals surface area (Å²) in [7, 11) is 1.92. The first kappa shape index (κ1) is 33.5. The van der Waals surface area contributed by atoms with Crippen molar-refractivity contribution in [3.63, 3.8) is 0 Å². The van der Waals surface area contributed by atoms with Crippen molar-refractivity contribution in [2.75, 3.05) is 33.2 Å². The van der Waals surface area contributed by atoms with Crippen molar-refractivity contribution in [2.45, 2.75) is 82.5 Å². The van der Waals surface area contributed by atoms with Crippen LogP contribution in [-0.2, 0) is 22.1 Å². The molecule has 0 unspecified atom stereocenters. The van der Waals surface area contributed by atoms with Crippen LogP contribution in [0.15, 0.2) is 54.7 Å². The highest BCUT2D eigenvalue weighted by atomic mass is 32.1. The molecule has 1 aliphatic carbocycles. The Morgan fingerprint density at radius 1 is 1.07 bits per heavy atom. The molecule has 1 aromatic heterocycles. The van der Waals surface area contributed by atoms with Gasteiger partial charge in [-0.2, -0.15) is 13.2 Å². The molecule has 0 spiro atoms. The Labute approximate surface area is 267 Å². The van der Waals surface area contributed by atoms with Gasteiger partial charge in [0, 0.05) is 29.6 Å². The Morgan fingerprint density at radius 2 is 1.78 bits per heavy atom. The third kappa shape index (κ3) is 8.92. The Morgan fingerprint density at radius 3 is 2.42 bits per heavy atom. The summed E-state index contributed by atoms with van der Waals surface area (Å²) in [5.74, 6) is 0.294. The Balaban J connectivity index is 1.16. The van der Waals surface area contributed by atoms with Gasteiger partial charge in [0.05, 0.1) is 17.1 Å². The number of hydrogen-bond acceptors (Lipinski definition) is 6. The zero-order chi connectivity index (χ0) is 32.4. The zero-order valence-corrected chi connectivity index (χ0v) is 27.3. The summed E-state index contributed by atoms with van der Waals surface area (Å²) in [5, 5.41) is 0.908. The molecule has 3 atom stereocenters. The Kier molecular flexibility index (Phi) is 10.4. The van der Waals surface area contributed by atoms with Gasteiger partial charge < -0.3 is 9.64 Å². The van der Waals surface area contributed by atoms with E-state index in [-0.39, 0.29) is 41.8 Å². The predicted octanol–water partition coefficient (Wildman–Crippen LogP) is 7.91. The van der Waals surface area contributed by atoms with Gasteiger partial charge in [-0.25, -0.2) is 9.37 Å². The van der Waals surface area contributed by atoms with Crippen molar-refractivity contribution in [3.05, 3.63) is 87.1 Å². The summed E-state index contributed by atoms with van der Waals surface area (Å²) in [5.41, 5.74) is 0.997. The molecule has 1 saturated carbocycles. The van der Waals surface area contributed by atoms with Gasteiger partial charge in [-0.1, -0.05) is 24.3 Å². The number of nitrogens with zero attached hydrogens (tertiary/aromatic N) is 3. The molecule has 1 aliphatic heterocycles. The fourth-order valence-electron chi connectivity index (χ4n) is 6.48. The lowest BCUT2D eigenvalue weighted by Gasteiger charge is -2.34. The number of piperidine rings is 1. The second-order valence-electron chi connectivity index (χ2n) is 13.6. The summed E-state index contributed by atoms with van der Waals surface area (Å²) in [6.07, 6.45) is 1.36. The van der Waals surface area contributed by atoms with Crippen LogP contribution in [0.5, 0.6) is 0 Å². The number of alkyl halides is 3. The van der Waals surface area contributed by atoms with E-state index in [0.717, 1.165) is 67.2 Å². The number of carbonyl (C=O) groups is 1. The van der Waals surface area contributed by atoms with Crippen LogP contribution >= 0.6 is 11.3 Å². The minimum absolute atomic E-state index is 0.117. The molecule has 5 nitrogen and oxygen atoms in total. The summed E-state index contributed by atoms with van der Waals surface area (Å²) < 4.78 is 58.9. The van der Waals surface area contributed by atoms with Gasteiger partial charge in [-0.3, -0.25) is 9.69 Å². The van der Waals surface area contributed by atoms with Crippen molar-refractivity contribution in [1.29, 1.82) is 0 Å². The molecular weight excluding hydrogens is 602 g/mol. The topological polar surface area (TPSA) is 45.7 Å². The number of likely N-dealkylation sites (tertiary alicyclic amines) is 1. The summed E-state index contributed by atoms with van der Waals surface area (Å²) in [6.45, 7) is 9.15. The van der Waals surface area contributed by atoms with Crippen LogP contribution in [0.3, 0.4) is 0 Å². The van der Waals surface area contributed by atoms with Crippen LogP contribution in [0.4, 0.5) is 17.6 Å². The van der Waals surface area contributed by atoms with E-state index in [4.69, 9.17) is 4.74 Å². The van der Waals surface area contributed by atoms with Crippen LogP contribution in [0, 0.1) is 11.7 Å². The molecule has 3 aromatic rings. The third-order valence-electron chi connectivity index (χ3n) is 9.43. The van der Waals surface area contributed by atoms with E-state index >= 15 is 0 Å². The fraction of sp³-hybridized carbons (Fsp3) is 0.543. The van der Waals surface area contributed by atoms with Gasteiger partial charge in [-0.15, -0.1) is 11.3 Å². The highest BCUT2D eigenvalue weighted by molar-refractivity contribution is 7.11. The Hall–Kier alpha value is -2.82. The number of carbonyl (C=O) groups excluding carboxylic acids is 1. The molecule has 2 aromatic carbocycles. The van der Waals surface area contributed by atoms with Crippen molar-refractivity contribution < 1.29 is 27.1 Å². The number of rotatable bonds is 9. The minimum Gasteiger partial charge on any atom is -0.461 e. The number of benzene rings is 2. The van der Waals surface area contributed by atoms with Crippen molar-refractivity contribution >= 4 is 17.3 Å². The minimum atomic E-state index is -4.34. The summed E-state index contributed by atoms with van der Waals surface area (Å²) in [4.78, 5) is 23.1. The van der Waals surface area contributed by atoms with Crippen LogP contribution < -0.4 is 0 Å². The van der Waals surface area contributed by atoms with Gasteiger partial charge in [0.25, 0.3) is 0 Å². The zero-order valence-electron chi connectivity index (χ0n) is 26.4. The molecule has 45 heavy (non-hydrogen) atoms. The number of likely N-dealkylation sites (N-methyl/N-ethyl adjacent to an activating group) is 1. The maximum atomic E-state index is 14.2. The van der Waals surface area contributed by atoms with E-state index in [0.29, 0.717) is 18.8 Å². The second-order valence-corrected chi connectivity index (χ2v) is 14.8. The number of halogens is 4. The van der Waals surface area contributed by atoms with Crippen LogP contribution in [0.2, 0.25) is 0 Å². The van der Waals surface area contributed by atoms with Gasteiger partial charge >= 0.3 is 12.1 Å². The lowest BCUT2D eigenvalue weighted by Crippen LogP contribution is -2.42. The van der Waals surface area contributed by atoms with Crippen LogP contribution in [-0.4, -0.2) is 65.6 Å². The molecule has 1 saturated heterocycles. The van der Waals surface area contributed by atoms with Gasteiger partial charge in [0.1, 0.15) is 11.9 Å². The van der Waals surface area contributed by atoms with E-state index < -0.39 is 11.7 Å². The average molecular weight is 646 g/mol. The molecule has 0 radical (unpaired) electrons. The van der Waals surface area contributed by atoms with E-state index in [1.807, 2.05) is 24.2 Å². The van der Waals surface area contributed by atoms with E-state index in [1.54, 1.807) is 23.5 Å². The number of aromatic nitrogens is 1. The molecule has 2 heterocycles. The predicted molar refractivity (Wildman–Crippen MR) is 169 cm³/mol. The van der Waals surface area contributed by atoms with E-state index in [9.17, 15) is 22.4 Å². The molecule has 5 rings (SSSR count). The quantitative estimate of drug-likeness (QED) is 0.175. The van der Waals surface area contributed by atoms with Crippen LogP contribution in [0.25, 0.3) is 0 Å². The molecule has 2 fully saturated rings. The van der Waals surface area contributed by atoms with Crippen molar-refractivity contribution in [1.82, 2.24) is 14.8 Å². The fourth-order valence-corrected chi connectivity index (χ4v) is 7.61. The second kappa shape index (κ2) is 13.9. The summed E-state index contributed by atoms with van der Waals surface area (Å²) >= 11 is 1.65. The van der Waals surface area contributed by atoms with Crippen molar-refractivity contribution in [2.24, 2.45) is 5.92 Å². The standard InChI is InChI=1S/C35H43F4N3O2S/c1-34(2,3)41(4)22-33(43)44-29-18-26(30(19-29)25-6-5-7-28(36)17-25)21-42-14-12-24(13-15-42)31-20-40-32(45-31)16-23-8-10-27(11-9-23)35(37,38)39/h5-11,17,20,24,26,29-30H,12-16,18-19,21-22H2,1-4H3/t26-,29+,30-/m1/s1. The SMILES string of the molecule is CN(CC(=O)O[C@H]1C[C@H](CN2CCC(c3cnc(Cc4ccc(C(F)(F)F)cc4)s3)CC2)[C@@H](c2cccc(F)c2)C1)C(C)(C)C. The Bertz CT molecular complexity index is 1430. The molecular formula is C35H43F4N3O2S. The molecule has 10 heteroatoms. The highest BCUT2D eigenvalue weighted by Gasteiger charge is 2.39. The first-order valence-electron chi connectivity index (χ1n) is 15.7. The number of thiazole rings is 1. The van der Waals surface area contributed by atoms with Crippen molar-refractivity contribution in [3.8, 4) is 0 Å². The lowest BCUT2D eigenvalue weighted by molar-refractivity contribution is -0.151. The monoisotopic (exact) mass is 645 g/mol. The van der Waals surface area contributed by atoms with Gasteiger partial charge in [0.15, 0.2) is 0 Å². The third-order valence-corrected chi connectivity index (χ3v) is 10.6. The molecule has 0 N–H and O–H groups in total. The first-order valence-corrected chi connectivity index (χ1v) is 16.6. The highest BCUT2D eigenvalue weighted by Crippen LogP contribution is 2.43. The van der Waals surface area contributed by atoms with Crippen LogP contribution in [0.1, 0.15) is 84.9 Å². The maximum Gasteiger partial charge on any atom is 0.416 e. The summed E-state index contributed by atoms with van der Waals surface area (Å²) in [6, 6.07) is 12.1. The molecule has 0 bridgehead atoms. The molecule has 2 aliphatic rings. The molecule has 244 valence electrons. The number of hydrogen-bond donors (Lipinski definition) is 0. The number of ether oxygens (including phenoxy) is 1. The largest absolute Gasteiger partial charge is 0.461 e. The maximum absolute atomic E-state index is 14.2.